The van der Waals surface area contributed by atoms with Gasteiger partial charge in [0.25, 0.3) is 0 Å². The van der Waals surface area contributed by atoms with Crippen molar-refractivity contribution in [3.8, 4) is 78.7 Å². The van der Waals surface area contributed by atoms with E-state index in [1.54, 1.807) is 0 Å². The highest BCUT2D eigenvalue weighted by atomic mass is 16.3. The van der Waals surface area contributed by atoms with Crippen molar-refractivity contribution in [3.63, 3.8) is 0 Å². The molecule has 8 rings (SSSR count). The number of rotatable bonds is 7. The van der Waals surface area contributed by atoms with E-state index < -0.39 is 0 Å². The Morgan fingerprint density at radius 2 is 0.522 bits per heavy atom. The van der Waals surface area contributed by atoms with Gasteiger partial charge in [-0.1, -0.05) is 170 Å². The molecule has 0 aliphatic heterocycles. The van der Waals surface area contributed by atoms with Gasteiger partial charge in [-0.2, -0.15) is 0 Å². The molecule has 0 bridgehead atoms. The molecule has 0 saturated carbocycles. The van der Waals surface area contributed by atoms with Gasteiger partial charge < -0.3 is 8.83 Å². The van der Waals surface area contributed by atoms with Gasteiger partial charge in [0.15, 0.2) is 0 Å². The lowest BCUT2D eigenvalue weighted by atomic mass is 9.97. The quantitative estimate of drug-likeness (QED) is 0.185. The standard InChI is InChI=1S/C44H30O2/c1-5-13-33(14-6-1)39-29-41(35-17-9-3-10-18-35)45-43(39)37-25-21-31(22-26-37)32-23-27-38(28-24-32)44-40(34-15-7-2-8-16-34)30-42(46-44)36-19-11-4-12-20-36/h1-30H. The third-order valence-electron chi connectivity index (χ3n) is 8.38. The lowest BCUT2D eigenvalue weighted by Crippen LogP contribution is -1.83. The van der Waals surface area contributed by atoms with Crippen molar-refractivity contribution in [1.82, 2.24) is 0 Å². The average Bonchev–Trinajstić information content (AvgIpc) is 3.80. The molecule has 0 radical (unpaired) electrons. The molecule has 0 spiro atoms. The molecule has 0 aliphatic carbocycles. The minimum atomic E-state index is 0.859. The molecule has 0 amide bonds. The van der Waals surface area contributed by atoms with Gasteiger partial charge in [-0.3, -0.25) is 0 Å². The smallest absolute Gasteiger partial charge is 0.142 e. The summed E-state index contributed by atoms with van der Waals surface area (Å²) < 4.78 is 13.0. The Hall–Kier alpha value is -6.12. The monoisotopic (exact) mass is 590 g/mol. The summed E-state index contributed by atoms with van der Waals surface area (Å²) >= 11 is 0. The topological polar surface area (TPSA) is 26.3 Å². The van der Waals surface area contributed by atoms with Crippen LogP contribution in [0.2, 0.25) is 0 Å². The highest BCUT2D eigenvalue weighted by Crippen LogP contribution is 2.41. The highest BCUT2D eigenvalue weighted by molar-refractivity contribution is 5.86. The first-order chi connectivity index (χ1) is 22.8. The fourth-order valence-electron chi connectivity index (χ4n) is 5.99. The van der Waals surface area contributed by atoms with Crippen molar-refractivity contribution in [2.75, 3.05) is 0 Å². The summed E-state index contributed by atoms with van der Waals surface area (Å²) in [4.78, 5) is 0. The van der Waals surface area contributed by atoms with Gasteiger partial charge in [-0.15, -0.1) is 0 Å². The predicted molar refractivity (Wildman–Crippen MR) is 189 cm³/mol. The number of hydrogen-bond acceptors (Lipinski definition) is 2. The summed E-state index contributed by atoms with van der Waals surface area (Å²) in [6, 6.07) is 62.9. The molecule has 2 nitrogen and oxygen atoms in total. The maximum Gasteiger partial charge on any atom is 0.142 e. The normalized spacial score (nSPS) is 11.0. The molecule has 0 unspecified atom stereocenters. The molecule has 0 aliphatic rings. The summed E-state index contributed by atoms with van der Waals surface area (Å²) in [5.41, 5.74) is 10.9. The predicted octanol–water partition coefficient (Wildman–Crippen LogP) is 12.5. The molecule has 0 fully saturated rings. The maximum absolute atomic E-state index is 6.52. The number of hydrogen-bond donors (Lipinski definition) is 0. The van der Waals surface area contributed by atoms with Gasteiger partial charge in [0.05, 0.1) is 0 Å². The highest BCUT2D eigenvalue weighted by Gasteiger charge is 2.18. The van der Waals surface area contributed by atoms with E-state index in [1.807, 2.05) is 48.5 Å². The van der Waals surface area contributed by atoms with Crippen LogP contribution in [0, 0.1) is 0 Å². The molecule has 0 saturated heterocycles. The second-order valence-corrected chi connectivity index (χ2v) is 11.3. The zero-order valence-corrected chi connectivity index (χ0v) is 25.1. The summed E-state index contributed by atoms with van der Waals surface area (Å²) in [6.07, 6.45) is 0. The Morgan fingerprint density at radius 1 is 0.239 bits per heavy atom. The summed E-state index contributed by atoms with van der Waals surface area (Å²) in [6.45, 7) is 0. The van der Waals surface area contributed by atoms with Crippen molar-refractivity contribution in [2.24, 2.45) is 0 Å². The van der Waals surface area contributed by atoms with Gasteiger partial charge >= 0.3 is 0 Å². The van der Waals surface area contributed by atoms with Crippen LogP contribution in [-0.4, -0.2) is 0 Å². The van der Waals surface area contributed by atoms with Gasteiger partial charge in [-0.25, -0.2) is 0 Å². The van der Waals surface area contributed by atoms with Crippen LogP contribution < -0.4 is 0 Å². The van der Waals surface area contributed by atoms with Crippen molar-refractivity contribution in [2.45, 2.75) is 0 Å². The number of furan rings is 2. The van der Waals surface area contributed by atoms with E-state index in [4.69, 9.17) is 8.83 Å². The molecule has 6 aromatic carbocycles. The second kappa shape index (κ2) is 12.1. The van der Waals surface area contributed by atoms with E-state index in [1.165, 1.54) is 0 Å². The Bertz CT molecular complexity index is 2030. The summed E-state index contributed by atoms with van der Waals surface area (Å²) in [5, 5.41) is 0. The zero-order chi connectivity index (χ0) is 30.7. The van der Waals surface area contributed by atoms with E-state index in [9.17, 15) is 0 Å². The van der Waals surface area contributed by atoms with Crippen LogP contribution >= 0.6 is 0 Å². The molecular formula is C44H30O2. The van der Waals surface area contributed by atoms with Crippen LogP contribution in [0.25, 0.3) is 78.7 Å². The molecule has 0 N–H and O–H groups in total. The van der Waals surface area contributed by atoms with Gasteiger partial charge in [0.1, 0.15) is 23.0 Å². The van der Waals surface area contributed by atoms with Crippen molar-refractivity contribution >= 4 is 0 Å². The molecule has 46 heavy (non-hydrogen) atoms. The van der Waals surface area contributed by atoms with E-state index in [0.717, 1.165) is 78.7 Å². The van der Waals surface area contributed by atoms with Gasteiger partial charge in [0.2, 0.25) is 0 Å². The second-order valence-electron chi connectivity index (χ2n) is 11.3. The van der Waals surface area contributed by atoms with Crippen molar-refractivity contribution in [1.29, 1.82) is 0 Å². The summed E-state index contributed by atoms with van der Waals surface area (Å²) in [5.74, 6) is 3.45. The minimum absolute atomic E-state index is 0.859. The maximum atomic E-state index is 6.52. The first kappa shape index (κ1) is 27.4. The van der Waals surface area contributed by atoms with Gasteiger partial charge in [0, 0.05) is 33.4 Å². The molecule has 218 valence electrons. The Kier molecular flexibility index (Phi) is 7.22. The summed E-state index contributed by atoms with van der Waals surface area (Å²) in [7, 11) is 0. The average molecular weight is 591 g/mol. The number of benzene rings is 6. The Balaban J connectivity index is 1.12. The molecule has 8 aromatic rings. The van der Waals surface area contributed by atoms with E-state index in [0.29, 0.717) is 0 Å². The van der Waals surface area contributed by atoms with Crippen LogP contribution in [0.1, 0.15) is 0 Å². The molecular weight excluding hydrogens is 560 g/mol. The lowest BCUT2D eigenvalue weighted by Gasteiger charge is -2.07. The zero-order valence-electron chi connectivity index (χ0n) is 25.1. The van der Waals surface area contributed by atoms with Crippen LogP contribution in [0.15, 0.2) is 191 Å². The third kappa shape index (κ3) is 5.38. The molecule has 2 aromatic heterocycles. The first-order valence-corrected chi connectivity index (χ1v) is 15.5. The van der Waals surface area contributed by atoms with Crippen molar-refractivity contribution in [3.05, 3.63) is 182 Å². The van der Waals surface area contributed by atoms with Crippen molar-refractivity contribution < 1.29 is 8.83 Å². The molecule has 0 atom stereocenters. The minimum Gasteiger partial charge on any atom is -0.455 e. The SMILES string of the molecule is c1ccc(-c2cc(-c3ccccc3)c(-c3ccc(-c4ccc(-c5oc(-c6ccccc6)cc5-c5ccccc5)cc4)cc3)o2)cc1. The lowest BCUT2D eigenvalue weighted by molar-refractivity contribution is 0.598. The van der Waals surface area contributed by atoms with Crippen LogP contribution in [0.3, 0.4) is 0 Å². The Labute approximate surface area is 268 Å². The van der Waals surface area contributed by atoms with Crippen LogP contribution in [0.5, 0.6) is 0 Å². The van der Waals surface area contributed by atoms with Crippen LogP contribution in [-0.2, 0) is 0 Å². The largest absolute Gasteiger partial charge is 0.455 e. The first-order valence-electron chi connectivity index (χ1n) is 15.5. The third-order valence-corrected chi connectivity index (χ3v) is 8.38. The fraction of sp³-hybridized carbons (Fsp3) is 0. The Morgan fingerprint density at radius 3 is 0.848 bits per heavy atom. The molecule has 2 heteroatoms. The van der Waals surface area contributed by atoms with Gasteiger partial charge in [-0.05, 0) is 34.4 Å². The van der Waals surface area contributed by atoms with Crippen LogP contribution in [0.4, 0.5) is 0 Å². The van der Waals surface area contributed by atoms with E-state index in [-0.39, 0.29) is 0 Å². The van der Waals surface area contributed by atoms with E-state index >= 15 is 0 Å². The molecule has 2 heterocycles. The van der Waals surface area contributed by atoms with E-state index in [2.05, 4.69) is 133 Å². The fourth-order valence-corrected chi connectivity index (χ4v) is 5.99.